The molecule has 0 atom stereocenters. The van der Waals surface area contributed by atoms with Gasteiger partial charge in [0.05, 0.1) is 24.9 Å². The zero-order valence-electron chi connectivity index (χ0n) is 16.0. The summed E-state index contributed by atoms with van der Waals surface area (Å²) < 4.78 is 12.1. The fraction of sp³-hybridized carbons (Fsp3) is 0.474. The van der Waals surface area contributed by atoms with Crippen LogP contribution in [-0.4, -0.2) is 37.0 Å². The first kappa shape index (κ1) is 20.5. The lowest BCUT2D eigenvalue weighted by Gasteiger charge is -2.20. The van der Waals surface area contributed by atoms with Crippen molar-refractivity contribution in [1.82, 2.24) is 9.55 Å². The van der Waals surface area contributed by atoms with Gasteiger partial charge in [-0.05, 0) is 37.5 Å². The Morgan fingerprint density at radius 1 is 1.15 bits per heavy atom. The van der Waals surface area contributed by atoms with Crippen LogP contribution in [0.15, 0.2) is 23.1 Å². The van der Waals surface area contributed by atoms with Crippen LogP contribution in [0.5, 0.6) is 0 Å². The summed E-state index contributed by atoms with van der Waals surface area (Å²) in [6.45, 7) is 6.64. The predicted molar refractivity (Wildman–Crippen MR) is 108 cm³/mol. The summed E-state index contributed by atoms with van der Waals surface area (Å²) in [5.74, 6) is 0.972. The first-order valence-electron chi connectivity index (χ1n) is 8.46. The minimum absolute atomic E-state index is 0.202. The van der Waals surface area contributed by atoms with Crippen LogP contribution in [0.4, 0.5) is 11.5 Å². The number of ether oxygens (including phenoxy) is 2. The van der Waals surface area contributed by atoms with Crippen LogP contribution in [-0.2, 0) is 15.2 Å². The van der Waals surface area contributed by atoms with Crippen molar-refractivity contribution in [2.45, 2.75) is 32.6 Å². The number of benzene rings is 1. The van der Waals surface area contributed by atoms with E-state index in [-0.39, 0.29) is 11.6 Å². The summed E-state index contributed by atoms with van der Waals surface area (Å²) in [4.78, 5) is 17.4. The molecule has 0 aliphatic carbocycles. The molecule has 0 radical (unpaired) electrons. The molecule has 6 nitrogen and oxygen atoms in total. The van der Waals surface area contributed by atoms with E-state index >= 15 is 0 Å². The molecule has 0 saturated carbocycles. The zero-order valence-corrected chi connectivity index (χ0v) is 16.9. The van der Waals surface area contributed by atoms with Gasteiger partial charge in [-0.25, -0.2) is 4.98 Å². The summed E-state index contributed by atoms with van der Waals surface area (Å²) in [5.41, 5.74) is 4.68. The van der Waals surface area contributed by atoms with E-state index in [1.54, 1.807) is 25.0 Å². The summed E-state index contributed by atoms with van der Waals surface area (Å²) in [6.07, 6.45) is 1.74. The summed E-state index contributed by atoms with van der Waals surface area (Å²) in [5, 5.41) is 3.23. The lowest BCUT2D eigenvalue weighted by molar-refractivity contribution is 0.0878. The third kappa shape index (κ3) is 4.66. The largest absolute Gasteiger partial charge is 0.382 e. The van der Waals surface area contributed by atoms with E-state index in [0.29, 0.717) is 24.8 Å². The SMILES string of the molecule is COCC(COC)n1cc(C)nc(Nc2c(C)cc(CS)cc2C)c1=O. The van der Waals surface area contributed by atoms with E-state index in [1.165, 1.54) is 0 Å². The van der Waals surface area contributed by atoms with Crippen molar-refractivity contribution in [2.75, 3.05) is 32.8 Å². The molecular weight excluding hydrogens is 350 g/mol. The van der Waals surface area contributed by atoms with Gasteiger partial charge in [0.15, 0.2) is 5.82 Å². The second-order valence-corrected chi connectivity index (χ2v) is 6.71. The molecule has 1 aromatic heterocycles. The van der Waals surface area contributed by atoms with Crippen molar-refractivity contribution < 1.29 is 9.47 Å². The Morgan fingerprint density at radius 2 is 1.73 bits per heavy atom. The molecule has 0 bridgehead atoms. The molecule has 1 aromatic carbocycles. The molecule has 7 heteroatoms. The van der Waals surface area contributed by atoms with Gasteiger partial charge in [0.1, 0.15) is 0 Å². The van der Waals surface area contributed by atoms with E-state index in [1.807, 2.05) is 20.8 Å². The van der Waals surface area contributed by atoms with E-state index in [2.05, 4.69) is 35.1 Å². The molecule has 0 saturated heterocycles. The van der Waals surface area contributed by atoms with Gasteiger partial charge < -0.3 is 19.4 Å². The topological polar surface area (TPSA) is 65.4 Å². The molecule has 1 heterocycles. The van der Waals surface area contributed by atoms with Gasteiger partial charge in [-0.3, -0.25) is 4.79 Å². The van der Waals surface area contributed by atoms with Crippen molar-refractivity contribution in [3.8, 4) is 0 Å². The Labute approximate surface area is 160 Å². The van der Waals surface area contributed by atoms with Gasteiger partial charge in [-0.1, -0.05) is 12.1 Å². The fourth-order valence-electron chi connectivity index (χ4n) is 3.04. The molecule has 2 aromatic rings. The lowest BCUT2D eigenvalue weighted by atomic mass is 10.1. The van der Waals surface area contributed by atoms with Crippen molar-refractivity contribution in [3.05, 3.63) is 51.1 Å². The van der Waals surface area contributed by atoms with Crippen LogP contribution in [0, 0.1) is 20.8 Å². The highest BCUT2D eigenvalue weighted by Gasteiger charge is 2.17. The number of anilines is 2. The minimum Gasteiger partial charge on any atom is -0.382 e. The quantitative estimate of drug-likeness (QED) is 0.692. The Morgan fingerprint density at radius 3 is 2.23 bits per heavy atom. The third-order valence-corrected chi connectivity index (χ3v) is 4.55. The molecule has 2 rings (SSSR count). The van der Waals surface area contributed by atoms with Gasteiger partial charge in [0.2, 0.25) is 0 Å². The smallest absolute Gasteiger partial charge is 0.294 e. The molecule has 0 aliphatic rings. The van der Waals surface area contributed by atoms with Crippen molar-refractivity contribution in [3.63, 3.8) is 0 Å². The van der Waals surface area contributed by atoms with Gasteiger partial charge in [-0.15, -0.1) is 0 Å². The maximum absolute atomic E-state index is 13.0. The number of hydrogen-bond acceptors (Lipinski definition) is 6. The molecule has 0 amide bonds. The Hall–Kier alpha value is -1.83. The maximum Gasteiger partial charge on any atom is 0.294 e. The minimum atomic E-state index is -0.214. The number of nitrogens with one attached hydrogen (secondary N) is 1. The van der Waals surface area contributed by atoms with Crippen LogP contribution in [0.2, 0.25) is 0 Å². The zero-order chi connectivity index (χ0) is 19.3. The highest BCUT2D eigenvalue weighted by molar-refractivity contribution is 7.79. The first-order chi connectivity index (χ1) is 12.4. The lowest BCUT2D eigenvalue weighted by Crippen LogP contribution is -2.32. The normalized spacial score (nSPS) is 11.2. The summed E-state index contributed by atoms with van der Waals surface area (Å²) in [7, 11) is 3.22. The molecule has 0 aliphatic heterocycles. The predicted octanol–water partition coefficient (Wildman–Crippen LogP) is 3.18. The monoisotopic (exact) mass is 377 g/mol. The Balaban J connectivity index is 2.47. The molecule has 1 N–H and O–H groups in total. The Bertz CT molecular complexity index is 791. The summed E-state index contributed by atoms with van der Waals surface area (Å²) >= 11 is 4.33. The van der Waals surface area contributed by atoms with Gasteiger partial charge >= 0.3 is 0 Å². The standard InChI is InChI=1S/C19H27N3O3S/c1-12-6-15(11-26)7-13(2)17(12)21-18-19(23)22(8-14(3)20-18)16(9-24-4)10-25-5/h6-8,16,26H,9-11H2,1-5H3,(H,20,21). The van der Waals surface area contributed by atoms with E-state index < -0.39 is 0 Å². The molecule has 142 valence electrons. The van der Waals surface area contributed by atoms with Crippen molar-refractivity contribution in [2.24, 2.45) is 0 Å². The number of methoxy groups -OCH3 is 2. The number of thiol groups is 1. The average Bonchev–Trinajstić information content (AvgIpc) is 2.60. The number of aromatic nitrogens is 2. The second kappa shape index (κ2) is 9.21. The van der Waals surface area contributed by atoms with Gasteiger partial charge in [-0.2, -0.15) is 12.6 Å². The second-order valence-electron chi connectivity index (χ2n) is 6.40. The number of rotatable bonds is 8. The fourth-order valence-corrected chi connectivity index (χ4v) is 3.22. The highest BCUT2D eigenvalue weighted by Crippen LogP contribution is 2.25. The molecule has 26 heavy (non-hydrogen) atoms. The van der Waals surface area contributed by atoms with Crippen LogP contribution in [0.1, 0.15) is 28.4 Å². The first-order valence-corrected chi connectivity index (χ1v) is 9.10. The van der Waals surface area contributed by atoms with E-state index in [0.717, 1.165) is 28.1 Å². The van der Waals surface area contributed by atoms with Crippen LogP contribution < -0.4 is 10.9 Å². The summed E-state index contributed by atoms with van der Waals surface area (Å²) in [6, 6.07) is 3.92. The highest BCUT2D eigenvalue weighted by atomic mass is 32.1. The number of aryl methyl sites for hydroxylation is 3. The molecular formula is C19H27N3O3S. The van der Waals surface area contributed by atoms with Gasteiger partial charge in [0, 0.05) is 31.9 Å². The third-order valence-electron chi connectivity index (χ3n) is 4.18. The van der Waals surface area contributed by atoms with Gasteiger partial charge in [0.25, 0.3) is 5.56 Å². The Kier molecular flexibility index (Phi) is 7.25. The van der Waals surface area contributed by atoms with E-state index in [9.17, 15) is 4.79 Å². The molecule has 0 fully saturated rings. The van der Waals surface area contributed by atoms with Crippen LogP contribution >= 0.6 is 12.6 Å². The molecule has 0 unspecified atom stereocenters. The van der Waals surface area contributed by atoms with E-state index in [4.69, 9.17) is 9.47 Å². The van der Waals surface area contributed by atoms with Crippen LogP contribution in [0.25, 0.3) is 0 Å². The number of nitrogens with zero attached hydrogens (tertiary/aromatic N) is 2. The molecule has 0 spiro atoms. The number of hydrogen-bond donors (Lipinski definition) is 2. The van der Waals surface area contributed by atoms with Crippen molar-refractivity contribution >= 4 is 24.1 Å². The van der Waals surface area contributed by atoms with Crippen molar-refractivity contribution in [1.29, 1.82) is 0 Å². The maximum atomic E-state index is 13.0. The van der Waals surface area contributed by atoms with Crippen LogP contribution in [0.3, 0.4) is 0 Å². The average molecular weight is 378 g/mol.